The smallest absolute Gasteiger partial charge is 0.340 e. The monoisotopic (exact) mass is 350 g/mol. The van der Waals surface area contributed by atoms with Gasteiger partial charge in [0, 0.05) is 22.9 Å². The van der Waals surface area contributed by atoms with Gasteiger partial charge in [-0.1, -0.05) is 30.3 Å². The Kier molecular flexibility index (Phi) is 4.94. The quantitative estimate of drug-likeness (QED) is 0.642. The third-order valence-electron chi connectivity index (χ3n) is 4.75. The van der Waals surface area contributed by atoms with Crippen molar-refractivity contribution in [1.82, 2.24) is 0 Å². The van der Waals surface area contributed by atoms with Crippen molar-refractivity contribution in [1.29, 1.82) is 0 Å². The molecule has 0 saturated carbocycles. The molecule has 1 aromatic heterocycles. The molecule has 0 aliphatic rings. The first-order valence-electron chi connectivity index (χ1n) is 8.65. The van der Waals surface area contributed by atoms with Crippen molar-refractivity contribution >= 4 is 16.8 Å². The number of benzene rings is 2. The summed E-state index contributed by atoms with van der Waals surface area (Å²) in [6.45, 7) is 6.97. The van der Waals surface area contributed by atoms with Gasteiger partial charge in [0.05, 0.1) is 0 Å². The molecular formula is C22H22O4. The Morgan fingerprint density at radius 2 is 1.77 bits per heavy atom. The first kappa shape index (κ1) is 17.9. The predicted octanol–water partition coefficient (Wildman–Crippen LogP) is 4.36. The average molecular weight is 350 g/mol. The number of aryl methyl sites for hydroxylation is 2. The van der Waals surface area contributed by atoms with Gasteiger partial charge in [-0.3, -0.25) is 4.79 Å². The second-order valence-electron chi connectivity index (χ2n) is 6.59. The van der Waals surface area contributed by atoms with Crippen LogP contribution in [-0.4, -0.2) is 11.9 Å². The lowest BCUT2D eigenvalue weighted by Crippen LogP contribution is -2.21. The number of Topliss-reactive ketones (excluding diaryl/α,β-unsaturated/α-hetero) is 1. The zero-order valence-corrected chi connectivity index (χ0v) is 15.5. The molecule has 0 aliphatic heterocycles. The molecule has 134 valence electrons. The summed E-state index contributed by atoms with van der Waals surface area (Å²) in [5.74, 6) is 0.499. The van der Waals surface area contributed by atoms with Gasteiger partial charge in [-0.2, -0.15) is 0 Å². The summed E-state index contributed by atoms with van der Waals surface area (Å²) in [4.78, 5) is 24.0. The molecule has 1 heterocycles. The minimum absolute atomic E-state index is 0.0552. The lowest BCUT2D eigenvalue weighted by Gasteiger charge is -2.16. The number of ketones is 1. The first-order chi connectivity index (χ1) is 12.4. The van der Waals surface area contributed by atoms with Gasteiger partial charge in [-0.15, -0.1) is 0 Å². The largest absolute Gasteiger partial charge is 0.483 e. The maximum atomic E-state index is 12.6. The second-order valence-corrected chi connectivity index (χ2v) is 6.59. The lowest BCUT2D eigenvalue weighted by molar-refractivity contribution is -0.122. The Balaban J connectivity index is 2.07. The molecule has 0 aliphatic carbocycles. The van der Waals surface area contributed by atoms with E-state index in [0.29, 0.717) is 23.3 Å². The highest BCUT2D eigenvalue weighted by Crippen LogP contribution is 2.30. The molecular weight excluding hydrogens is 328 g/mol. The standard InChI is InChI=1S/C22H22O4/c1-13-18-10-11-20(25-16(4)15(3)23)14(2)21(18)26-22(24)19(13)12-17-8-6-5-7-9-17/h5-11,16H,12H2,1-4H3/t16-/m0/s1. The van der Waals surface area contributed by atoms with Crippen LogP contribution < -0.4 is 10.4 Å². The molecule has 0 fully saturated rings. The van der Waals surface area contributed by atoms with Gasteiger partial charge in [0.15, 0.2) is 11.9 Å². The van der Waals surface area contributed by atoms with Crippen molar-refractivity contribution in [3.05, 3.63) is 75.1 Å². The first-order valence-corrected chi connectivity index (χ1v) is 8.65. The van der Waals surface area contributed by atoms with Crippen LogP contribution in [0.1, 0.15) is 36.1 Å². The van der Waals surface area contributed by atoms with Crippen LogP contribution >= 0.6 is 0 Å². The number of carbonyl (C=O) groups is 1. The molecule has 0 radical (unpaired) electrons. The SMILES string of the molecule is CC(=O)[C@H](C)Oc1ccc2c(C)c(Cc3ccccc3)c(=O)oc2c1C. The van der Waals surface area contributed by atoms with Gasteiger partial charge < -0.3 is 9.15 Å². The fourth-order valence-corrected chi connectivity index (χ4v) is 2.98. The zero-order valence-electron chi connectivity index (χ0n) is 15.5. The molecule has 0 unspecified atom stereocenters. The van der Waals surface area contributed by atoms with Crippen molar-refractivity contribution in [2.24, 2.45) is 0 Å². The molecule has 0 spiro atoms. The van der Waals surface area contributed by atoms with Crippen LogP contribution in [0.15, 0.2) is 51.7 Å². The van der Waals surface area contributed by atoms with E-state index in [1.165, 1.54) is 6.92 Å². The third-order valence-corrected chi connectivity index (χ3v) is 4.75. The summed E-state index contributed by atoms with van der Waals surface area (Å²) in [6, 6.07) is 13.6. The Bertz CT molecular complexity index is 1020. The highest BCUT2D eigenvalue weighted by Gasteiger charge is 2.17. The fourth-order valence-electron chi connectivity index (χ4n) is 2.98. The third kappa shape index (κ3) is 3.40. The highest BCUT2D eigenvalue weighted by molar-refractivity contribution is 5.86. The normalized spacial score (nSPS) is 12.2. The van der Waals surface area contributed by atoms with E-state index < -0.39 is 6.10 Å². The summed E-state index contributed by atoms with van der Waals surface area (Å²) >= 11 is 0. The van der Waals surface area contributed by atoms with Gasteiger partial charge in [0.1, 0.15) is 11.3 Å². The molecule has 0 amide bonds. The molecule has 4 nitrogen and oxygen atoms in total. The number of rotatable bonds is 5. The average Bonchev–Trinajstić information content (AvgIpc) is 2.62. The van der Waals surface area contributed by atoms with Gasteiger partial charge >= 0.3 is 5.63 Å². The Labute approximate surface area is 152 Å². The maximum Gasteiger partial charge on any atom is 0.340 e. The molecule has 0 saturated heterocycles. The van der Waals surface area contributed by atoms with Gasteiger partial charge in [0.25, 0.3) is 0 Å². The fraction of sp³-hybridized carbons (Fsp3) is 0.273. The van der Waals surface area contributed by atoms with E-state index in [2.05, 4.69) is 0 Å². The number of hydrogen-bond donors (Lipinski definition) is 0. The number of carbonyl (C=O) groups excluding carboxylic acids is 1. The van der Waals surface area contributed by atoms with Crippen LogP contribution in [0.5, 0.6) is 5.75 Å². The summed E-state index contributed by atoms with van der Waals surface area (Å²) < 4.78 is 11.3. The maximum absolute atomic E-state index is 12.6. The van der Waals surface area contributed by atoms with E-state index in [4.69, 9.17) is 9.15 Å². The Morgan fingerprint density at radius 3 is 2.42 bits per heavy atom. The minimum Gasteiger partial charge on any atom is -0.483 e. The second kappa shape index (κ2) is 7.16. The molecule has 0 N–H and O–H groups in total. The molecule has 3 rings (SSSR count). The summed E-state index contributed by atoms with van der Waals surface area (Å²) in [6.07, 6.45) is -0.0137. The van der Waals surface area contributed by atoms with Crippen LogP contribution in [0.4, 0.5) is 0 Å². The van der Waals surface area contributed by atoms with Crippen LogP contribution in [0, 0.1) is 13.8 Å². The molecule has 0 bridgehead atoms. The van der Waals surface area contributed by atoms with Crippen LogP contribution in [-0.2, 0) is 11.2 Å². The van der Waals surface area contributed by atoms with Crippen molar-refractivity contribution in [3.63, 3.8) is 0 Å². The van der Waals surface area contributed by atoms with Gasteiger partial charge in [0.2, 0.25) is 0 Å². The van der Waals surface area contributed by atoms with Gasteiger partial charge in [-0.05, 0) is 51.0 Å². The van der Waals surface area contributed by atoms with Crippen molar-refractivity contribution in [2.75, 3.05) is 0 Å². The Morgan fingerprint density at radius 1 is 1.08 bits per heavy atom. The highest BCUT2D eigenvalue weighted by atomic mass is 16.5. The van der Waals surface area contributed by atoms with E-state index in [-0.39, 0.29) is 11.4 Å². The zero-order chi connectivity index (χ0) is 18.8. The summed E-state index contributed by atoms with van der Waals surface area (Å²) in [5.41, 5.74) is 3.54. The molecule has 3 aromatic rings. The molecule has 4 heteroatoms. The summed E-state index contributed by atoms with van der Waals surface area (Å²) in [5, 5.41) is 0.885. The summed E-state index contributed by atoms with van der Waals surface area (Å²) in [7, 11) is 0. The number of ether oxygens (including phenoxy) is 1. The van der Waals surface area contributed by atoms with E-state index in [0.717, 1.165) is 22.1 Å². The molecule has 1 atom stereocenters. The minimum atomic E-state index is -0.545. The van der Waals surface area contributed by atoms with E-state index >= 15 is 0 Å². The lowest BCUT2D eigenvalue weighted by atomic mass is 9.98. The van der Waals surface area contributed by atoms with E-state index in [1.807, 2.05) is 56.3 Å². The van der Waals surface area contributed by atoms with Crippen molar-refractivity contribution in [2.45, 2.75) is 40.2 Å². The molecule has 2 aromatic carbocycles. The number of hydrogen-bond acceptors (Lipinski definition) is 4. The Hall–Kier alpha value is -2.88. The van der Waals surface area contributed by atoms with Crippen LogP contribution in [0.25, 0.3) is 11.0 Å². The van der Waals surface area contributed by atoms with Crippen molar-refractivity contribution in [3.8, 4) is 5.75 Å². The van der Waals surface area contributed by atoms with Crippen LogP contribution in [0.3, 0.4) is 0 Å². The van der Waals surface area contributed by atoms with Crippen molar-refractivity contribution < 1.29 is 13.9 Å². The molecule has 26 heavy (non-hydrogen) atoms. The predicted molar refractivity (Wildman–Crippen MR) is 102 cm³/mol. The van der Waals surface area contributed by atoms with E-state index in [9.17, 15) is 9.59 Å². The topological polar surface area (TPSA) is 56.5 Å². The van der Waals surface area contributed by atoms with E-state index in [1.54, 1.807) is 6.92 Å². The van der Waals surface area contributed by atoms with Crippen LogP contribution in [0.2, 0.25) is 0 Å². The van der Waals surface area contributed by atoms with Gasteiger partial charge in [-0.25, -0.2) is 4.79 Å². The number of fused-ring (bicyclic) bond motifs is 1.